The van der Waals surface area contributed by atoms with Crippen molar-refractivity contribution in [1.29, 1.82) is 0 Å². The third kappa shape index (κ3) is 3.14. The molecule has 0 bridgehead atoms. The first-order chi connectivity index (χ1) is 10.8. The molecule has 2 heterocycles. The molecule has 0 aliphatic rings. The van der Waals surface area contributed by atoms with Crippen LogP contribution in [0.2, 0.25) is 0 Å². The van der Waals surface area contributed by atoms with E-state index >= 15 is 0 Å². The highest BCUT2D eigenvalue weighted by Crippen LogP contribution is 2.19. The molecule has 3 rings (SSSR count). The predicted octanol–water partition coefficient (Wildman–Crippen LogP) is 3.61. The summed E-state index contributed by atoms with van der Waals surface area (Å²) >= 11 is 0. The average molecular weight is 294 g/mol. The van der Waals surface area contributed by atoms with Gasteiger partial charge in [0.2, 0.25) is 5.89 Å². The second kappa shape index (κ2) is 6.39. The molecule has 0 spiro atoms. The molecule has 0 atom stereocenters. The first-order valence-electron chi connectivity index (χ1n) is 7.32. The van der Waals surface area contributed by atoms with Gasteiger partial charge in [0.15, 0.2) is 0 Å². The Bertz CT molecular complexity index is 752. The number of nitrogens with one attached hydrogen (secondary N) is 1. The summed E-state index contributed by atoms with van der Waals surface area (Å²) in [5.41, 5.74) is 2.91. The van der Waals surface area contributed by atoms with E-state index < -0.39 is 0 Å². The summed E-state index contributed by atoms with van der Waals surface area (Å²) in [5.74, 6) is 2.25. The van der Waals surface area contributed by atoms with Crippen LogP contribution in [0.4, 0.5) is 5.82 Å². The standard InChI is InChI=1S/C17H18N4O/c1-3-13-9-18-12(2)20-16(13)19-10-15-11-22-17(21-15)14-7-5-4-6-8-14/h4-9,11H,3,10H2,1-2H3,(H,18,19,20). The van der Waals surface area contributed by atoms with Gasteiger partial charge in [-0.15, -0.1) is 0 Å². The molecule has 0 radical (unpaired) electrons. The van der Waals surface area contributed by atoms with E-state index in [0.717, 1.165) is 34.9 Å². The summed E-state index contributed by atoms with van der Waals surface area (Å²) in [5, 5.41) is 3.31. The fourth-order valence-electron chi connectivity index (χ4n) is 2.18. The smallest absolute Gasteiger partial charge is 0.226 e. The van der Waals surface area contributed by atoms with Gasteiger partial charge >= 0.3 is 0 Å². The third-order valence-corrected chi connectivity index (χ3v) is 3.38. The van der Waals surface area contributed by atoms with Crippen molar-refractivity contribution >= 4 is 5.82 Å². The highest BCUT2D eigenvalue weighted by atomic mass is 16.3. The monoisotopic (exact) mass is 294 g/mol. The topological polar surface area (TPSA) is 63.8 Å². The minimum atomic E-state index is 0.569. The molecule has 0 unspecified atom stereocenters. The maximum Gasteiger partial charge on any atom is 0.226 e. The van der Waals surface area contributed by atoms with Gasteiger partial charge < -0.3 is 9.73 Å². The molecule has 2 aromatic heterocycles. The van der Waals surface area contributed by atoms with Crippen LogP contribution in [0.25, 0.3) is 11.5 Å². The molecule has 0 amide bonds. The number of hydrogen-bond donors (Lipinski definition) is 1. The minimum absolute atomic E-state index is 0.569. The van der Waals surface area contributed by atoms with Gasteiger partial charge in [0.05, 0.1) is 12.2 Å². The molecule has 0 aliphatic heterocycles. The van der Waals surface area contributed by atoms with Crippen LogP contribution in [0.5, 0.6) is 0 Å². The van der Waals surface area contributed by atoms with Gasteiger partial charge in [-0.2, -0.15) is 0 Å². The lowest BCUT2D eigenvalue weighted by Crippen LogP contribution is -2.06. The molecule has 22 heavy (non-hydrogen) atoms. The Labute approximate surface area is 129 Å². The minimum Gasteiger partial charge on any atom is -0.444 e. The Balaban J connectivity index is 1.73. The number of benzene rings is 1. The summed E-state index contributed by atoms with van der Waals surface area (Å²) in [4.78, 5) is 13.2. The highest BCUT2D eigenvalue weighted by molar-refractivity contribution is 5.52. The van der Waals surface area contributed by atoms with Crippen molar-refractivity contribution in [3.05, 3.63) is 59.9 Å². The van der Waals surface area contributed by atoms with E-state index in [2.05, 4.69) is 27.2 Å². The van der Waals surface area contributed by atoms with E-state index in [4.69, 9.17) is 4.42 Å². The van der Waals surface area contributed by atoms with Crippen LogP contribution in [0.3, 0.4) is 0 Å². The van der Waals surface area contributed by atoms with Crippen molar-refractivity contribution in [2.75, 3.05) is 5.32 Å². The van der Waals surface area contributed by atoms with Crippen LogP contribution >= 0.6 is 0 Å². The van der Waals surface area contributed by atoms with Gasteiger partial charge in [0.25, 0.3) is 0 Å². The molecule has 1 aromatic carbocycles. The van der Waals surface area contributed by atoms with Crippen molar-refractivity contribution in [2.24, 2.45) is 0 Å². The van der Waals surface area contributed by atoms with Crippen LogP contribution in [0.1, 0.15) is 24.0 Å². The number of aromatic nitrogens is 3. The number of rotatable bonds is 5. The van der Waals surface area contributed by atoms with Crippen LogP contribution in [-0.2, 0) is 13.0 Å². The molecule has 0 saturated carbocycles. The van der Waals surface area contributed by atoms with Crippen molar-refractivity contribution in [1.82, 2.24) is 15.0 Å². The van der Waals surface area contributed by atoms with Crippen molar-refractivity contribution < 1.29 is 4.42 Å². The first-order valence-corrected chi connectivity index (χ1v) is 7.32. The van der Waals surface area contributed by atoms with E-state index in [1.54, 1.807) is 6.26 Å². The van der Waals surface area contributed by atoms with Crippen molar-refractivity contribution in [3.63, 3.8) is 0 Å². The molecule has 5 heteroatoms. The number of oxazole rings is 1. The number of hydrogen-bond acceptors (Lipinski definition) is 5. The van der Waals surface area contributed by atoms with Crippen LogP contribution in [0.15, 0.2) is 47.2 Å². The number of aryl methyl sites for hydroxylation is 2. The lowest BCUT2D eigenvalue weighted by atomic mass is 10.2. The molecular weight excluding hydrogens is 276 g/mol. The van der Waals surface area contributed by atoms with Crippen LogP contribution in [-0.4, -0.2) is 15.0 Å². The second-order valence-corrected chi connectivity index (χ2v) is 5.01. The molecule has 0 fully saturated rings. The maximum atomic E-state index is 5.54. The lowest BCUT2D eigenvalue weighted by Gasteiger charge is -2.08. The molecule has 5 nitrogen and oxygen atoms in total. The molecule has 0 saturated heterocycles. The zero-order valence-electron chi connectivity index (χ0n) is 12.7. The van der Waals surface area contributed by atoms with E-state index in [-0.39, 0.29) is 0 Å². The molecular formula is C17H18N4O. The van der Waals surface area contributed by atoms with E-state index in [9.17, 15) is 0 Å². The summed E-state index contributed by atoms with van der Waals surface area (Å²) in [6.07, 6.45) is 4.43. The molecule has 112 valence electrons. The maximum absolute atomic E-state index is 5.54. The van der Waals surface area contributed by atoms with Gasteiger partial charge in [-0.1, -0.05) is 25.1 Å². The van der Waals surface area contributed by atoms with Crippen molar-refractivity contribution in [3.8, 4) is 11.5 Å². The molecule has 0 aliphatic carbocycles. The fraction of sp³-hybridized carbons (Fsp3) is 0.235. The Morgan fingerprint density at radius 2 is 1.95 bits per heavy atom. The Kier molecular flexibility index (Phi) is 4.14. The van der Waals surface area contributed by atoms with Gasteiger partial charge in [0.1, 0.15) is 17.9 Å². The average Bonchev–Trinajstić information content (AvgIpc) is 3.03. The second-order valence-electron chi connectivity index (χ2n) is 5.01. The summed E-state index contributed by atoms with van der Waals surface area (Å²) in [7, 11) is 0. The predicted molar refractivity (Wildman–Crippen MR) is 85.4 cm³/mol. The van der Waals surface area contributed by atoms with Gasteiger partial charge in [0, 0.05) is 17.3 Å². The zero-order chi connectivity index (χ0) is 15.4. The summed E-state index contributed by atoms with van der Waals surface area (Å²) < 4.78 is 5.54. The normalized spacial score (nSPS) is 10.6. The Morgan fingerprint density at radius 3 is 2.73 bits per heavy atom. The quantitative estimate of drug-likeness (QED) is 0.778. The van der Waals surface area contributed by atoms with E-state index in [0.29, 0.717) is 12.4 Å². The zero-order valence-corrected chi connectivity index (χ0v) is 12.7. The first kappa shape index (κ1) is 14.3. The van der Waals surface area contributed by atoms with Gasteiger partial charge in [-0.05, 0) is 25.5 Å². The summed E-state index contributed by atoms with van der Waals surface area (Å²) in [6, 6.07) is 9.86. The van der Waals surface area contributed by atoms with Crippen molar-refractivity contribution in [2.45, 2.75) is 26.8 Å². The number of nitrogens with zero attached hydrogens (tertiary/aromatic N) is 3. The fourth-order valence-corrected chi connectivity index (χ4v) is 2.18. The van der Waals surface area contributed by atoms with E-state index in [1.165, 1.54) is 0 Å². The molecule has 1 N–H and O–H groups in total. The summed E-state index contributed by atoms with van der Waals surface area (Å²) in [6.45, 7) is 4.54. The largest absolute Gasteiger partial charge is 0.444 e. The van der Waals surface area contributed by atoms with Gasteiger partial charge in [-0.3, -0.25) is 0 Å². The molecule has 3 aromatic rings. The Morgan fingerprint density at radius 1 is 1.14 bits per heavy atom. The highest BCUT2D eigenvalue weighted by Gasteiger charge is 2.08. The third-order valence-electron chi connectivity index (χ3n) is 3.38. The van der Waals surface area contributed by atoms with Crippen LogP contribution in [0, 0.1) is 6.92 Å². The lowest BCUT2D eigenvalue weighted by molar-refractivity contribution is 0.573. The Hall–Kier alpha value is -2.69. The van der Waals surface area contributed by atoms with Crippen LogP contribution < -0.4 is 5.32 Å². The van der Waals surface area contributed by atoms with E-state index in [1.807, 2.05) is 43.5 Å². The SMILES string of the molecule is CCc1cnc(C)nc1NCc1coc(-c2ccccc2)n1. The number of anilines is 1. The van der Waals surface area contributed by atoms with Gasteiger partial charge in [-0.25, -0.2) is 15.0 Å².